The Morgan fingerprint density at radius 3 is 2.47 bits per heavy atom. The fraction of sp³-hybridized carbons (Fsp3) is 0.0769. The smallest absolute Gasteiger partial charge is 0.143 e. The molecule has 4 heteroatoms. The molecular weight excluding hydrogens is 290 g/mol. The van der Waals surface area contributed by atoms with E-state index in [0.29, 0.717) is 5.56 Å². The zero-order valence-corrected chi connectivity index (χ0v) is 10.3. The van der Waals surface area contributed by atoms with E-state index in [-0.39, 0.29) is 10.0 Å². The van der Waals surface area contributed by atoms with E-state index in [1.54, 1.807) is 12.1 Å². The maximum atomic E-state index is 13.7. The summed E-state index contributed by atoms with van der Waals surface area (Å²) in [5.41, 5.74) is 0.437. The molecule has 1 unspecified atom stereocenters. The number of aliphatic hydroxyl groups is 1. The van der Waals surface area contributed by atoms with Crippen LogP contribution < -0.4 is 0 Å². The number of hydrogen-bond donors (Lipinski definition) is 1. The van der Waals surface area contributed by atoms with Crippen molar-refractivity contribution >= 4 is 15.9 Å². The van der Waals surface area contributed by atoms with Crippen molar-refractivity contribution in [1.82, 2.24) is 0 Å². The topological polar surface area (TPSA) is 20.2 Å². The Hall–Kier alpha value is -1.26. The highest BCUT2D eigenvalue weighted by Gasteiger charge is 2.16. The van der Waals surface area contributed by atoms with Crippen LogP contribution in [0.5, 0.6) is 0 Å². The number of halogens is 3. The molecule has 0 fully saturated rings. The fourth-order valence-electron chi connectivity index (χ4n) is 1.59. The highest BCUT2D eigenvalue weighted by molar-refractivity contribution is 9.10. The van der Waals surface area contributed by atoms with Gasteiger partial charge in [0.25, 0.3) is 0 Å². The summed E-state index contributed by atoms with van der Waals surface area (Å²) in [6.45, 7) is 0. The molecule has 2 rings (SSSR count). The standard InChI is InChI=1S/C13H9BrF2O/c14-11-6-2-5-10(12(11)16)13(17)8-3-1-4-9(15)7-8/h1-7,13,17H. The van der Waals surface area contributed by atoms with Gasteiger partial charge in [0.2, 0.25) is 0 Å². The molecule has 2 aromatic carbocycles. The van der Waals surface area contributed by atoms with Gasteiger partial charge in [-0.3, -0.25) is 0 Å². The molecule has 1 nitrogen and oxygen atoms in total. The first-order chi connectivity index (χ1) is 8.09. The second-order valence-electron chi connectivity index (χ2n) is 3.60. The van der Waals surface area contributed by atoms with E-state index < -0.39 is 17.7 Å². The van der Waals surface area contributed by atoms with E-state index in [2.05, 4.69) is 15.9 Å². The van der Waals surface area contributed by atoms with Crippen molar-refractivity contribution in [2.45, 2.75) is 6.10 Å². The maximum Gasteiger partial charge on any atom is 0.143 e. The normalized spacial score (nSPS) is 12.5. The fourth-order valence-corrected chi connectivity index (χ4v) is 1.97. The van der Waals surface area contributed by atoms with Crippen LogP contribution in [0.25, 0.3) is 0 Å². The van der Waals surface area contributed by atoms with Crippen molar-refractivity contribution in [3.05, 3.63) is 69.7 Å². The molecule has 0 aromatic heterocycles. The van der Waals surface area contributed by atoms with Crippen molar-refractivity contribution in [3.63, 3.8) is 0 Å². The summed E-state index contributed by atoms with van der Waals surface area (Å²) in [6.07, 6.45) is -1.18. The van der Waals surface area contributed by atoms with Gasteiger partial charge in [-0.1, -0.05) is 24.3 Å². The second-order valence-corrected chi connectivity index (χ2v) is 4.45. The maximum absolute atomic E-state index is 13.7. The van der Waals surface area contributed by atoms with Gasteiger partial charge in [0, 0.05) is 5.56 Å². The molecule has 17 heavy (non-hydrogen) atoms. The Morgan fingerprint density at radius 1 is 1.06 bits per heavy atom. The summed E-state index contributed by atoms with van der Waals surface area (Å²) in [4.78, 5) is 0. The molecule has 0 radical (unpaired) electrons. The average molecular weight is 299 g/mol. The lowest BCUT2D eigenvalue weighted by Crippen LogP contribution is -2.03. The third-order valence-corrected chi connectivity index (χ3v) is 3.05. The van der Waals surface area contributed by atoms with Gasteiger partial charge in [-0.2, -0.15) is 0 Å². The Morgan fingerprint density at radius 2 is 1.76 bits per heavy atom. The van der Waals surface area contributed by atoms with Gasteiger partial charge in [-0.05, 0) is 39.7 Å². The molecular formula is C13H9BrF2O. The molecule has 0 aliphatic heterocycles. The first-order valence-electron chi connectivity index (χ1n) is 4.97. The van der Waals surface area contributed by atoms with Crippen molar-refractivity contribution in [2.24, 2.45) is 0 Å². The summed E-state index contributed by atoms with van der Waals surface area (Å²) in [5, 5.41) is 9.99. The molecule has 2 aromatic rings. The quantitative estimate of drug-likeness (QED) is 0.894. The van der Waals surface area contributed by atoms with Crippen molar-refractivity contribution in [3.8, 4) is 0 Å². The number of rotatable bonds is 2. The highest BCUT2D eigenvalue weighted by atomic mass is 79.9. The third-order valence-electron chi connectivity index (χ3n) is 2.44. The molecule has 0 heterocycles. The molecule has 1 N–H and O–H groups in total. The Balaban J connectivity index is 2.44. The SMILES string of the molecule is OC(c1cccc(F)c1)c1cccc(Br)c1F. The summed E-state index contributed by atoms with van der Waals surface area (Å²) in [7, 11) is 0. The van der Waals surface area contributed by atoms with Crippen molar-refractivity contribution in [1.29, 1.82) is 0 Å². The second kappa shape index (κ2) is 4.94. The Kier molecular flexibility index (Phi) is 3.54. The monoisotopic (exact) mass is 298 g/mol. The van der Waals surface area contributed by atoms with Gasteiger partial charge in [-0.25, -0.2) is 8.78 Å². The van der Waals surface area contributed by atoms with Crippen LogP contribution in [-0.2, 0) is 0 Å². The average Bonchev–Trinajstić information content (AvgIpc) is 2.32. The van der Waals surface area contributed by atoms with E-state index >= 15 is 0 Å². The largest absolute Gasteiger partial charge is 0.384 e. The van der Waals surface area contributed by atoms with Crippen LogP contribution in [-0.4, -0.2) is 5.11 Å². The summed E-state index contributed by atoms with van der Waals surface area (Å²) in [6, 6.07) is 10.1. The van der Waals surface area contributed by atoms with Gasteiger partial charge in [0.1, 0.15) is 17.7 Å². The van der Waals surface area contributed by atoms with Gasteiger partial charge >= 0.3 is 0 Å². The van der Waals surface area contributed by atoms with Gasteiger partial charge in [0.15, 0.2) is 0 Å². The summed E-state index contributed by atoms with van der Waals surface area (Å²) in [5.74, 6) is -0.999. The molecule has 0 amide bonds. The van der Waals surface area contributed by atoms with Crippen molar-refractivity contribution in [2.75, 3.05) is 0 Å². The lowest BCUT2D eigenvalue weighted by Gasteiger charge is -2.13. The predicted molar refractivity (Wildman–Crippen MR) is 64.6 cm³/mol. The number of aliphatic hydroxyl groups excluding tert-OH is 1. The number of hydrogen-bond acceptors (Lipinski definition) is 1. The first kappa shape index (κ1) is 12.2. The zero-order chi connectivity index (χ0) is 12.4. The van der Waals surface area contributed by atoms with E-state index in [1.807, 2.05) is 0 Å². The van der Waals surface area contributed by atoms with Crippen LogP contribution in [0.1, 0.15) is 17.2 Å². The molecule has 0 aliphatic rings. The van der Waals surface area contributed by atoms with Gasteiger partial charge < -0.3 is 5.11 Å². The zero-order valence-electron chi connectivity index (χ0n) is 8.70. The minimum absolute atomic E-state index is 0.116. The van der Waals surface area contributed by atoms with Crippen molar-refractivity contribution < 1.29 is 13.9 Å². The highest BCUT2D eigenvalue weighted by Crippen LogP contribution is 2.28. The third kappa shape index (κ3) is 2.53. The van der Waals surface area contributed by atoms with Gasteiger partial charge in [-0.15, -0.1) is 0 Å². The Labute approximate surface area is 106 Å². The lowest BCUT2D eigenvalue weighted by atomic mass is 10.0. The molecule has 0 aliphatic carbocycles. The van der Waals surface area contributed by atoms with Crippen LogP contribution in [0, 0.1) is 11.6 Å². The predicted octanol–water partition coefficient (Wildman–Crippen LogP) is 3.81. The van der Waals surface area contributed by atoms with E-state index in [9.17, 15) is 13.9 Å². The summed E-state index contributed by atoms with van der Waals surface area (Å²) >= 11 is 3.04. The number of benzene rings is 2. The van der Waals surface area contributed by atoms with E-state index in [0.717, 1.165) is 0 Å². The Bertz CT molecular complexity index is 543. The van der Waals surface area contributed by atoms with E-state index in [1.165, 1.54) is 30.3 Å². The molecule has 0 saturated heterocycles. The van der Waals surface area contributed by atoms with Crippen LogP contribution in [0.3, 0.4) is 0 Å². The molecule has 0 spiro atoms. The van der Waals surface area contributed by atoms with Gasteiger partial charge in [0.05, 0.1) is 4.47 Å². The first-order valence-corrected chi connectivity index (χ1v) is 5.76. The minimum atomic E-state index is -1.18. The van der Waals surface area contributed by atoms with Crippen LogP contribution in [0.2, 0.25) is 0 Å². The summed E-state index contributed by atoms with van der Waals surface area (Å²) < 4.78 is 27.0. The van der Waals surface area contributed by atoms with E-state index in [4.69, 9.17) is 0 Å². The van der Waals surface area contributed by atoms with Crippen LogP contribution in [0.15, 0.2) is 46.9 Å². The molecule has 1 atom stereocenters. The van der Waals surface area contributed by atoms with Crippen LogP contribution >= 0.6 is 15.9 Å². The molecule has 0 saturated carbocycles. The van der Waals surface area contributed by atoms with Crippen LogP contribution in [0.4, 0.5) is 8.78 Å². The molecule has 88 valence electrons. The lowest BCUT2D eigenvalue weighted by molar-refractivity contribution is 0.214. The molecule has 0 bridgehead atoms. The minimum Gasteiger partial charge on any atom is -0.384 e.